The molecule has 4 bridgehead atoms. The van der Waals surface area contributed by atoms with Crippen molar-refractivity contribution in [2.75, 3.05) is 27.8 Å². The number of carbonyl (C=O) groups is 1. The number of ketones is 1. The first-order valence-corrected chi connectivity index (χ1v) is 12.2. The molecule has 4 nitrogen and oxygen atoms in total. The predicted octanol–water partition coefficient (Wildman–Crippen LogP) is 5.04. The Bertz CT molecular complexity index is 1170. The molecule has 0 amide bonds. The lowest BCUT2D eigenvalue weighted by Crippen LogP contribution is -2.67. The number of hydrogen-bond acceptors (Lipinski definition) is 4. The van der Waals surface area contributed by atoms with Gasteiger partial charge in [0.25, 0.3) is 0 Å². The van der Waals surface area contributed by atoms with Crippen molar-refractivity contribution in [3.8, 4) is 11.5 Å². The van der Waals surface area contributed by atoms with E-state index in [0.29, 0.717) is 18.2 Å². The number of methoxy groups -OCH3 is 2. The number of benzene rings is 2. The molecule has 0 N–H and O–H groups in total. The highest BCUT2D eigenvalue weighted by Crippen LogP contribution is 2.74. The molecule has 3 aliphatic carbocycles. The van der Waals surface area contributed by atoms with Crippen LogP contribution in [0.2, 0.25) is 0 Å². The number of ether oxygens (including phenoxy) is 2. The molecule has 3 fully saturated rings. The van der Waals surface area contributed by atoms with Gasteiger partial charge in [-0.3, -0.25) is 4.79 Å². The summed E-state index contributed by atoms with van der Waals surface area (Å²) in [6, 6.07) is 15.3. The lowest BCUT2D eigenvalue weighted by Gasteiger charge is -2.64. The van der Waals surface area contributed by atoms with Gasteiger partial charge in [-0.25, -0.2) is 0 Å². The third-order valence-corrected chi connectivity index (χ3v) is 9.58. The molecule has 6 rings (SSSR count). The number of carbonyl (C=O) groups excluding carboxylic acids is 1. The van der Waals surface area contributed by atoms with Gasteiger partial charge in [-0.2, -0.15) is 0 Å². The van der Waals surface area contributed by atoms with E-state index in [4.69, 9.17) is 9.47 Å². The van der Waals surface area contributed by atoms with Crippen LogP contribution in [0.3, 0.4) is 0 Å². The summed E-state index contributed by atoms with van der Waals surface area (Å²) in [7, 11) is 5.75. The minimum Gasteiger partial charge on any atom is -0.493 e. The van der Waals surface area contributed by atoms with Crippen molar-refractivity contribution in [1.82, 2.24) is 4.90 Å². The minimum atomic E-state index is -0.224. The Morgan fingerprint density at radius 2 is 1.85 bits per heavy atom. The van der Waals surface area contributed by atoms with Gasteiger partial charge < -0.3 is 14.4 Å². The maximum atomic E-state index is 13.9. The molecule has 2 aromatic carbocycles. The Morgan fingerprint density at radius 3 is 2.58 bits per heavy atom. The molecular formula is C29H33NO3. The molecule has 4 heteroatoms. The van der Waals surface area contributed by atoms with E-state index in [1.807, 2.05) is 6.07 Å². The number of rotatable bonds is 3. The number of piperidine rings is 1. The zero-order valence-electron chi connectivity index (χ0n) is 20.1. The van der Waals surface area contributed by atoms with Gasteiger partial charge >= 0.3 is 0 Å². The fourth-order valence-electron chi connectivity index (χ4n) is 8.29. The molecule has 2 saturated carbocycles. The van der Waals surface area contributed by atoms with Crippen molar-refractivity contribution >= 4 is 11.4 Å². The van der Waals surface area contributed by atoms with Crippen LogP contribution >= 0.6 is 0 Å². The number of nitrogens with zero attached hydrogens (tertiary/aromatic N) is 1. The number of Topliss-reactive ketones (excluding diaryl/α,β-unsaturated/α-hetero) is 1. The second-order valence-corrected chi connectivity index (χ2v) is 10.5. The van der Waals surface area contributed by atoms with Gasteiger partial charge in [0.05, 0.1) is 14.2 Å². The standard InChI is InChI=1S/C29H33NO3/c1-18(19-8-6-5-7-9-19)21-17-28-13-12-22(31)26(21)29(28)14-15-30(2)24(28)16-20-10-11-23(32-3)27(33-4)25(20)29/h5-11,24,26H,12-17H2,1-4H3/b21-18+/t24-,26?,28-,29+/m1/s1. The molecule has 2 aromatic rings. The maximum absolute atomic E-state index is 13.9. The van der Waals surface area contributed by atoms with Gasteiger partial charge in [-0.05, 0) is 69.0 Å². The molecule has 1 unspecified atom stereocenters. The normalized spacial score (nSPS) is 33.9. The van der Waals surface area contributed by atoms with E-state index >= 15 is 0 Å². The average Bonchev–Trinajstić information content (AvgIpc) is 3.08. The van der Waals surface area contributed by atoms with Crippen LogP contribution in [0.15, 0.2) is 48.0 Å². The summed E-state index contributed by atoms with van der Waals surface area (Å²) < 4.78 is 11.8. The van der Waals surface area contributed by atoms with Crippen molar-refractivity contribution < 1.29 is 14.3 Å². The minimum absolute atomic E-state index is 0.0522. The van der Waals surface area contributed by atoms with Crippen molar-refractivity contribution in [1.29, 1.82) is 0 Å². The van der Waals surface area contributed by atoms with Gasteiger partial charge in [0.15, 0.2) is 11.5 Å². The molecule has 33 heavy (non-hydrogen) atoms. The summed E-state index contributed by atoms with van der Waals surface area (Å²) in [6.07, 6.45) is 4.64. The van der Waals surface area contributed by atoms with Crippen LogP contribution in [0.4, 0.5) is 0 Å². The van der Waals surface area contributed by atoms with Gasteiger partial charge in [-0.15, -0.1) is 0 Å². The molecule has 1 saturated heterocycles. The highest BCUT2D eigenvalue weighted by atomic mass is 16.5. The predicted molar refractivity (Wildman–Crippen MR) is 130 cm³/mol. The highest BCUT2D eigenvalue weighted by molar-refractivity contribution is 5.92. The van der Waals surface area contributed by atoms with Crippen molar-refractivity contribution in [2.45, 2.75) is 50.5 Å². The topological polar surface area (TPSA) is 38.8 Å². The first-order chi connectivity index (χ1) is 16.0. The summed E-state index contributed by atoms with van der Waals surface area (Å²) in [6.45, 7) is 3.24. The third-order valence-electron chi connectivity index (χ3n) is 9.58. The van der Waals surface area contributed by atoms with Gasteiger partial charge in [0.2, 0.25) is 0 Å². The number of hydrogen-bond donors (Lipinski definition) is 0. The molecule has 4 atom stereocenters. The van der Waals surface area contributed by atoms with Crippen LogP contribution in [-0.4, -0.2) is 44.5 Å². The maximum Gasteiger partial charge on any atom is 0.164 e. The number of fused-ring (bicyclic) bond motifs is 1. The Morgan fingerprint density at radius 1 is 1.06 bits per heavy atom. The fraction of sp³-hybridized carbons (Fsp3) is 0.483. The van der Waals surface area contributed by atoms with E-state index in [1.54, 1.807) is 14.2 Å². The number of allylic oxidation sites excluding steroid dienone is 2. The SMILES string of the molecule is COc1ccc2c(c1OC)[C@]13CCN(C)[C@H](C2)[C@]12CCC(=O)C3/C(=C(\C)c1ccccc1)C2. The average molecular weight is 444 g/mol. The lowest BCUT2D eigenvalue weighted by atomic mass is 9.44. The highest BCUT2D eigenvalue weighted by Gasteiger charge is 2.73. The largest absolute Gasteiger partial charge is 0.493 e. The molecule has 1 heterocycles. The van der Waals surface area contributed by atoms with E-state index in [0.717, 1.165) is 43.7 Å². The Kier molecular flexibility index (Phi) is 4.58. The second kappa shape index (κ2) is 7.20. The Balaban J connectivity index is 1.69. The van der Waals surface area contributed by atoms with Crippen LogP contribution in [0.5, 0.6) is 11.5 Å². The number of likely N-dealkylation sites (tertiary alicyclic amines) is 1. The zero-order valence-corrected chi connectivity index (χ0v) is 20.1. The molecule has 1 aliphatic heterocycles. The van der Waals surface area contributed by atoms with Crippen LogP contribution in [0, 0.1) is 11.3 Å². The van der Waals surface area contributed by atoms with E-state index in [1.165, 1.54) is 27.8 Å². The van der Waals surface area contributed by atoms with Gasteiger partial charge in [-0.1, -0.05) is 42.0 Å². The van der Waals surface area contributed by atoms with Crippen LogP contribution < -0.4 is 9.47 Å². The molecule has 0 aromatic heterocycles. The number of likely N-dealkylation sites (N-methyl/N-ethyl adjacent to an activating group) is 1. The first-order valence-electron chi connectivity index (χ1n) is 12.2. The Hall–Kier alpha value is -2.59. The van der Waals surface area contributed by atoms with Crippen LogP contribution in [0.1, 0.15) is 49.3 Å². The summed E-state index contributed by atoms with van der Waals surface area (Å²) >= 11 is 0. The fourth-order valence-corrected chi connectivity index (χ4v) is 8.29. The summed E-state index contributed by atoms with van der Waals surface area (Å²) in [5.74, 6) is 1.96. The zero-order chi connectivity index (χ0) is 23.0. The first kappa shape index (κ1) is 21.0. The summed E-state index contributed by atoms with van der Waals surface area (Å²) in [5, 5.41) is 0. The van der Waals surface area contributed by atoms with Gasteiger partial charge in [0.1, 0.15) is 5.78 Å². The molecule has 0 spiro atoms. The van der Waals surface area contributed by atoms with E-state index in [9.17, 15) is 4.79 Å². The van der Waals surface area contributed by atoms with E-state index in [-0.39, 0.29) is 16.7 Å². The molecule has 4 aliphatic rings. The molecular weight excluding hydrogens is 410 g/mol. The molecule has 172 valence electrons. The quantitative estimate of drug-likeness (QED) is 0.666. The van der Waals surface area contributed by atoms with Gasteiger partial charge in [0, 0.05) is 34.8 Å². The lowest BCUT2D eigenvalue weighted by molar-refractivity contribution is -0.138. The van der Waals surface area contributed by atoms with E-state index in [2.05, 4.69) is 55.3 Å². The van der Waals surface area contributed by atoms with Crippen LogP contribution in [-0.2, 0) is 16.6 Å². The third kappa shape index (κ3) is 2.48. The second-order valence-electron chi connectivity index (χ2n) is 10.5. The summed E-state index contributed by atoms with van der Waals surface area (Å²) in [5.41, 5.74) is 6.31. The van der Waals surface area contributed by atoms with Crippen molar-refractivity contribution in [2.24, 2.45) is 11.3 Å². The smallest absolute Gasteiger partial charge is 0.164 e. The van der Waals surface area contributed by atoms with E-state index < -0.39 is 0 Å². The summed E-state index contributed by atoms with van der Waals surface area (Å²) in [4.78, 5) is 16.4. The van der Waals surface area contributed by atoms with Crippen LogP contribution in [0.25, 0.3) is 5.57 Å². The monoisotopic (exact) mass is 443 g/mol. The Labute approximate surface area is 196 Å². The van der Waals surface area contributed by atoms with Crippen molar-refractivity contribution in [3.05, 3.63) is 64.7 Å². The van der Waals surface area contributed by atoms with Crippen molar-refractivity contribution in [3.63, 3.8) is 0 Å². The molecule has 0 radical (unpaired) electrons.